The molecule has 0 saturated carbocycles. The number of carbonyl (C=O) groups is 2. The molecule has 0 aliphatic heterocycles. The van der Waals surface area contributed by atoms with E-state index in [9.17, 15) is 9.59 Å². The first kappa shape index (κ1) is 6.47. The van der Waals surface area contributed by atoms with Crippen LogP contribution in [0.15, 0.2) is 6.20 Å². The Morgan fingerprint density at radius 3 is 2.80 bits per heavy atom. The quantitative estimate of drug-likeness (QED) is 0.532. The van der Waals surface area contributed by atoms with Gasteiger partial charge in [-0.1, -0.05) is 0 Å². The van der Waals surface area contributed by atoms with Crippen LogP contribution >= 0.6 is 0 Å². The third-order valence-electron chi connectivity index (χ3n) is 0.956. The normalized spacial score (nSPS) is 9.20. The molecular weight excluding hydrogens is 134 g/mol. The highest BCUT2D eigenvalue weighted by Gasteiger charge is 2.03. The number of H-pyrrole nitrogens is 1. The molecular formula is C5H5N3O2. The number of nitrogens with one attached hydrogen (secondary N) is 1. The zero-order chi connectivity index (χ0) is 7.56. The van der Waals surface area contributed by atoms with Gasteiger partial charge in [-0.25, -0.2) is 4.98 Å². The molecule has 5 heteroatoms. The summed E-state index contributed by atoms with van der Waals surface area (Å²) in [5.74, 6) is -0.671. The summed E-state index contributed by atoms with van der Waals surface area (Å²) in [5, 5.41) is 0. The van der Waals surface area contributed by atoms with Crippen LogP contribution in [0.4, 0.5) is 0 Å². The molecule has 3 N–H and O–H groups in total. The predicted molar refractivity (Wildman–Crippen MR) is 32.5 cm³/mol. The molecule has 1 rings (SSSR count). The number of nitrogens with zero attached hydrogens (tertiary/aromatic N) is 1. The Morgan fingerprint density at radius 1 is 1.80 bits per heavy atom. The molecule has 5 nitrogen and oxygen atoms in total. The van der Waals surface area contributed by atoms with E-state index in [1.807, 2.05) is 0 Å². The van der Waals surface area contributed by atoms with Crippen LogP contribution < -0.4 is 5.73 Å². The Kier molecular flexibility index (Phi) is 1.49. The maximum Gasteiger partial charge on any atom is 0.284 e. The highest BCUT2D eigenvalue weighted by molar-refractivity contribution is 5.89. The molecule has 0 aliphatic rings. The van der Waals surface area contributed by atoms with Gasteiger partial charge in [0.25, 0.3) is 5.91 Å². The third-order valence-corrected chi connectivity index (χ3v) is 0.956. The van der Waals surface area contributed by atoms with Crippen LogP contribution in [0, 0.1) is 0 Å². The first-order chi connectivity index (χ1) is 4.74. The lowest BCUT2D eigenvalue weighted by Crippen LogP contribution is -2.12. The molecule has 0 fully saturated rings. The number of nitrogens with two attached hydrogens (primary N) is 1. The lowest BCUT2D eigenvalue weighted by atomic mass is 10.5. The molecule has 0 aromatic carbocycles. The van der Waals surface area contributed by atoms with Gasteiger partial charge in [-0.05, 0) is 0 Å². The topological polar surface area (TPSA) is 88.8 Å². The molecule has 0 atom stereocenters. The van der Waals surface area contributed by atoms with Crippen molar-refractivity contribution in [3.8, 4) is 0 Å². The number of rotatable bonds is 2. The minimum absolute atomic E-state index is 0.00194. The van der Waals surface area contributed by atoms with Gasteiger partial charge in [-0.15, -0.1) is 0 Å². The SMILES string of the molecule is NC(=O)c1ncc(C=O)[nH]1. The van der Waals surface area contributed by atoms with Crippen LogP contribution in [0.1, 0.15) is 21.1 Å². The van der Waals surface area contributed by atoms with Crippen LogP contribution in [0.2, 0.25) is 0 Å². The zero-order valence-electron chi connectivity index (χ0n) is 5.00. The summed E-state index contributed by atoms with van der Waals surface area (Å²) in [7, 11) is 0. The van der Waals surface area contributed by atoms with Gasteiger partial charge in [-0.3, -0.25) is 9.59 Å². The second kappa shape index (κ2) is 2.30. The number of primary amides is 1. The van der Waals surface area contributed by atoms with Gasteiger partial charge in [-0.2, -0.15) is 0 Å². The molecule has 1 aromatic rings. The summed E-state index contributed by atoms with van der Waals surface area (Å²) in [4.78, 5) is 26.3. The van der Waals surface area contributed by atoms with Crippen molar-refractivity contribution in [2.24, 2.45) is 5.73 Å². The molecule has 0 radical (unpaired) electrons. The summed E-state index contributed by atoms with van der Waals surface area (Å²) in [6.07, 6.45) is 1.80. The minimum Gasteiger partial charge on any atom is -0.363 e. The molecule has 1 heterocycles. The second-order valence-electron chi connectivity index (χ2n) is 1.67. The number of aromatic nitrogens is 2. The van der Waals surface area contributed by atoms with Crippen LogP contribution in [-0.4, -0.2) is 22.2 Å². The number of carbonyl (C=O) groups excluding carboxylic acids is 2. The molecule has 0 spiro atoms. The van der Waals surface area contributed by atoms with Crippen molar-refractivity contribution in [3.63, 3.8) is 0 Å². The number of hydrogen-bond donors (Lipinski definition) is 2. The lowest BCUT2D eigenvalue weighted by molar-refractivity contribution is 0.0991. The maximum absolute atomic E-state index is 10.3. The Labute approximate surface area is 56.3 Å². The largest absolute Gasteiger partial charge is 0.363 e. The average Bonchev–Trinajstić information content (AvgIpc) is 2.34. The van der Waals surface area contributed by atoms with Crippen molar-refractivity contribution in [1.29, 1.82) is 0 Å². The fourth-order valence-corrected chi connectivity index (χ4v) is 0.520. The number of aldehydes is 1. The van der Waals surface area contributed by atoms with Gasteiger partial charge in [0.05, 0.1) is 11.9 Å². The van der Waals surface area contributed by atoms with Gasteiger partial charge < -0.3 is 10.7 Å². The van der Waals surface area contributed by atoms with E-state index < -0.39 is 5.91 Å². The van der Waals surface area contributed by atoms with Crippen molar-refractivity contribution in [3.05, 3.63) is 17.7 Å². The Balaban J connectivity index is 2.98. The first-order valence-corrected chi connectivity index (χ1v) is 2.54. The fraction of sp³-hybridized carbons (Fsp3) is 0. The van der Waals surface area contributed by atoms with Gasteiger partial charge in [0.2, 0.25) is 0 Å². The van der Waals surface area contributed by atoms with Crippen molar-refractivity contribution >= 4 is 12.2 Å². The first-order valence-electron chi connectivity index (χ1n) is 2.54. The molecule has 0 bridgehead atoms. The van der Waals surface area contributed by atoms with Crippen LogP contribution in [0.5, 0.6) is 0 Å². The van der Waals surface area contributed by atoms with E-state index >= 15 is 0 Å². The fourth-order valence-electron chi connectivity index (χ4n) is 0.520. The van der Waals surface area contributed by atoms with E-state index in [1.54, 1.807) is 0 Å². The number of amides is 1. The molecule has 1 amide bonds. The molecule has 0 saturated heterocycles. The summed E-state index contributed by atoms with van der Waals surface area (Å²) in [5.41, 5.74) is 5.08. The highest BCUT2D eigenvalue weighted by Crippen LogP contribution is 1.91. The van der Waals surface area contributed by atoms with Gasteiger partial charge >= 0.3 is 0 Å². The summed E-state index contributed by atoms with van der Waals surface area (Å²) < 4.78 is 0. The Morgan fingerprint density at radius 2 is 2.50 bits per heavy atom. The number of imidazole rings is 1. The smallest absolute Gasteiger partial charge is 0.284 e. The summed E-state index contributed by atoms with van der Waals surface area (Å²) in [6.45, 7) is 0. The Bertz CT molecular complexity index is 266. The van der Waals surface area contributed by atoms with E-state index in [0.717, 1.165) is 0 Å². The van der Waals surface area contributed by atoms with Crippen molar-refractivity contribution < 1.29 is 9.59 Å². The van der Waals surface area contributed by atoms with E-state index in [4.69, 9.17) is 5.73 Å². The highest BCUT2D eigenvalue weighted by atomic mass is 16.1. The summed E-state index contributed by atoms with van der Waals surface area (Å²) in [6, 6.07) is 0. The number of aromatic amines is 1. The van der Waals surface area contributed by atoms with Crippen molar-refractivity contribution in [2.75, 3.05) is 0 Å². The van der Waals surface area contributed by atoms with Crippen LogP contribution in [-0.2, 0) is 0 Å². The molecule has 0 unspecified atom stereocenters. The zero-order valence-corrected chi connectivity index (χ0v) is 5.00. The van der Waals surface area contributed by atoms with E-state index in [2.05, 4.69) is 9.97 Å². The van der Waals surface area contributed by atoms with E-state index in [-0.39, 0.29) is 11.5 Å². The lowest BCUT2D eigenvalue weighted by Gasteiger charge is -1.82. The third kappa shape index (κ3) is 1.02. The molecule has 0 aliphatic carbocycles. The average molecular weight is 139 g/mol. The van der Waals surface area contributed by atoms with Crippen molar-refractivity contribution in [1.82, 2.24) is 9.97 Å². The van der Waals surface area contributed by atoms with E-state index in [0.29, 0.717) is 6.29 Å². The van der Waals surface area contributed by atoms with Gasteiger partial charge in [0, 0.05) is 0 Å². The van der Waals surface area contributed by atoms with Crippen LogP contribution in [0.3, 0.4) is 0 Å². The Hall–Kier alpha value is -1.65. The maximum atomic E-state index is 10.3. The second-order valence-corrected chi connectivity index (χ2v) is 1.67. The van der Waals surface area contributed by atoms with Crippen molar-refractivity contribution in [2.45, 2.75) is 0 Å². The molecule has 52 valence electrons. The monoisotopic (exact) mass is 139 g/mol. The van der Waals surface area contributed by atoms with E-state index in [1.165, 1.54) is 6.20 Å². The summed E-state index contributed by atoms with van der Waals surface area (Å²) >= 11 is 0. The molecule has 10 heavy (non-hydrogen) atoms. The standard InChI is InChI=1S/C5H5N3O2/c6-4(10)5-7-1-3(2-9)8-5/h1-2H,(H2,6,10)(H,7,8). The van der Waals surface area contributed by atoms with Gasteiger partial charge in [0.15, 0.2) is 12.1 Å². The van der Waals surface area contributed by atoms with Crippen LogP contribution in [0.25, 0.3) is 0 Å². The minimum atomic E-state index is -0.673. The number of hydrogen-bond acceptors (Lipinski definition) is 3. The predicted octanol–water partition coefficient (Wildman–Crippen LogP) is -0.679. The molecule has 1 aromatic heterocycles. The van der Waals surface area contributed by atoms with Gasteiger partial charge in [0.1, 0.15) is 0 Å².